The molecule has 0 aliphatic carbocycles. The highest BCUT2D eigenvalue weighted by Crippen LogP contribution is 2.18. The maximum atomic E-state index is 4.56. The van der Waals surface area contributed by atoms with E-state index < -0.39 is 0 Å². The van der Waals surface area contributed by atoms with Crippen molar-refractivity contribution in [2.45, 2.75) is 0 Å². The van der Waals surface area contributed by atoms with Crippen molar-refractivity contribution < 1.29 is 0 Å². The molecule has 0 fully saturated rings. The minimum atomic E-state index is 0.605. The number of hydrazone groups is 2. The van der Waals surface area contributed by atoms with Gasteiger partial charge in [-0.15, -0.1) is 0 Å². The zero-order valence-electron chi connectivity index (χ0n) is 15.9. The minimum Gasteiger partial charge on any atom is -0.261 e. The van der Waals surface area contributed by atoms with Gasteiger partial charge in [0, 0.05) is 12.4 Å². The Balaban J connectivity index is 1.44. The van der Waals surface area contributed by atoms with Gasteiger partial charge in [0.2, 0.25) is 0 Å². The first-order chi connectivity index (χ1) is 14.9. The van der Waals surface area contributed by atoms with Gasteiger partial charge in [-0.05, 0) is 48.5 Å². The Morgan fingerprint density at radius 1 is 0.567 bits per heavy atom. The van der Waals surface area contributed by atoms with E-state index in [0.29, 0.717) is 23.0 Å². The van der Waals surface area contributed by atoms with Crippen LogP contribution in [0.25, 0.3) is 11.4 Å². The van der Waals surface area contributed by atoms with Crippen LogP contribution < -0.4 is 10.9 Å². The Kier molecular flexibility index (Phi) is 6.07. The van der Waals surface area contributed by atoms with Crippen LogP contribution >= 0.6 is 0 Å². The van der Waals surface area contributed by atoms with Crippen molar-refractivity contribution in [1.29, 1.82) is 0 Å². The van der Waals surface area contributed by atoms with Gasteiger partial charge in [0.05, 0.1) is 35.2 Å². The molecule has 0 radical (unpaired) electrons. The first-order valence-electron chi connectivity index (χ1n) is 9.21. The number of nitrogens with one attached hydrogen (secondary N) is 2. The van der Waals surface area contributed by atoms with Gasteiger partial charge in [-0.2, -0.15) is 10.2 Å². The largest absolute Gasteiger partial charge is 0.261 e. The topological polar surface area (TPSA) is 100 Å². The monoisotopic (exact) mass is 394 g/mol. The van der Waals surface area contributed by atoms with Gasteiger partial charge in [-0.3, -0.25) is 20.8 Å². The fourth-order valence-electron chi connectivity index (χ4n) is 2.51. The SMILES string of the molecule is C(=N\Nc1cccc(-c2cccc(N/N=C/c3ccccn3)n2)n1)/c1ccccn1. The van der Waals surface area contributed by atoms with Gasteiger partial charge in [-0.1, -0.05) is 24.3 Å². The Hall–Kier alpha value is -4.46. The summed E-state index contributed by atoms with van der Waals surface area (Å²) in [6, 6.07) is 22.5. The molecule has 4 rings (SSSR count). The molecule has 2 N–H and O–H groups in total. The molecular weight excluding hydrogens is 376 g/mol. The molecule has 4 aromatic rings. The Bertz CT molecular complexity index is 1050. The molecule has 0 aromatic carbocycles. The Morgan fingerprint density at radius 3 is 1.50 bits per heavy atom. The first kappa shape index (κ1) is 18.9. The van der Waals surface area contributed by atoms with E-state index in [1.807, 2.05) is 72.8 Å². The Labute approximate surface area is 173 Å². The molecule has 4 aromatic heterocycles. The lowest BCUT2D eigenvalue weighted by atomic mass is 10.2. The number of rotatable bonds is 7. The molecule has 8 nitrogen and oxygen atoms in total. The quantitative estimate of drug-likeness (QED) is 0.365. The van der Waals surface area contributed by atoms with E-state index in [1.54, 1.807) is 24.8 Å². The lowest BCUT2D eigenvalue weighted by Gasteiger charge is -2.05. The molecule has 0 bridgehead atoms. The van der Waals surface area contributed by atoms with Crippen LogP contribution in [0.1, 0.15) is 11.4 Å². The molecular formula is C22H18N8. The number of aromatic nitrogens is 4. The molecule has 0 aliphatic rings. The second kappa shape index (κ2) is 9.65. The fraction of sp³-hybridized carbons (Fsp3) is 0. The first-order valence-corrected chi connectivity index (χ1v) is 9.21. The number of hydrogen-bond acceptors (Lipinski definition) is 8. The van der Waals surface area contributed by atoms with E-state index in [1.165, 1.54) is 0 Å². The van der Waals surface area contributed by atoms with Crippen LogP contribution in [0.2, 0.25) is 0 Å². The molecule has 30 heavy (non-hydrogen) atoms. The van der Waals surface area contributed by atoms with Gasteiger partial charge in [0.25, 0.3) is 0 Å². The standard InChI is InChI=1S/C22H18N8/c1-3-13-23-17(7-1)15-25-29-21-11-5-9-19(27-21)20-10-6-12-22(28-20)30-26-16-18-8-2-4-14-24-18/h1-16H,(H,27,29)(H,28,30)/b25-15+,26-16+. The molecule has 146 valence electrons. The lowest BCUT2D eigenvalue weighted by Crippen LogP contribution is -1.98. The summed E-state index contributed by atoms with van der Waals surface area (Å²) in [5.41, 5.74) is 8.77. The summed E-state index contributed by atoms with van der Waals surface area (Å²) in [6.45, 7) is 0. The average Bonchev–Trinajstić information content (AvgIpc) is 2.81. The minimum absolute atomic E-state index is 0.605. The zero-order chi connectivity index (χ0) is 20.4. The molecule has 0 amide bonds. The van der Waals surface area contributed by atoms with Crippen LogP contribution in [0.15, 0.2) is 95.4 Å². The van der Waals surface area contributed by atoms with E-state index in [9.17, 15) is 0 Å². The summed E-state index contributed by atoms with van der Waals surface area (Å²) in [6.07, 6.45) is 6.70. The summed E-state index contributed by atoms with van der Waals surface area (Å²) in [4.78, 5) is 17.5. The molecule has 0 atom stereocenters. The van der Waals surface area contributed by atoms with Crippen molar-refractivity contribution in [2.75, 3.05) is 10.9 Å². The molecule has 0 saturated heterocycles. The van der Waals surface area contributed by atoms with Crippen LogP contribution in [-0.4, -0.2) is 32.4 Å². The summed E-state index contributed by atoms with van der Waals surface area (Å²) in [5, 5.41) is 8.35. The van der Waals surface area contributed by atoms with Gasteiger partial charge in [0.1, 0.15) is 11.6 Å². The summed E-state index contributed by atoms with van der Waals surface area (Å²) < 4.78 is 0. The fourth-order valence-corrected chi connectivity index (χ4v) is 2.51. The van der Waals surface area contributed by atoms with Crippen LogP contribution in [-0.2, 0) is 0 Å². The normalized spacial score (nSPS) is 11.1. The van der Waals surface area contributed by atoms with Crippen LogP contribution in [0.5, 0.6) is 0 Å². The van der Waals surface area contributed by atoms with Crippen molar-refractivity contribution in [3.63, 3.8) is 0 Å². The summed E-state index contributed by atoms with van der Waals surface area (Å²) in [5.74, 6) is 1.21. The van der Waals surface area contributed by atoms with E-state index >= 15 is 0 Å². The smallest absolute Gasteiger partial charge is 0.146 e. The van der Waals surface area contributed by atoms with Crippen molar-refractivity contribution in [3.05, 3.63) is 96.6 Å². The predicted molar refractivity (Wildman–Crippen MR) is 118 cm³/mol. The Morgan fingerprint density at radius 2 is 1.07 bits per heavy atom. The third-order valence-electron chi connectivity index (χ3n) is 3.89. The second-order valence-electron chi connectivity index (χ2n) is 6.07. The number of hydrogen-bond donors (Lipinski definition) is 2. The van der Waals surface area contributed by atoms with E-state index in [-0.39, 0.29) is 0 Å². The van der Waals surface area contributed by atoms with Crippen molar-refractivity contribution >= 4 is 24.1 Å². The molecule has 4 heterocycles. The zero-order valence-corrected chi connectivity index (χ0v) is 15.9. The van der Waals surface area contributed by atoms with Crippen molar-refractivity contribution in [2.24, 2.45) is 10.2 Å². The lowest BCUT2D eigenvalue weighted by molar-refractivity contribution is 1.18. The van der Waals surface area contributed by atoms with Crippen LogP contribution in [0.3, 0.4) is 0 Å². The maximum Gasteiger partial charge on any atom is 0.146 e. The maximum absolute atomic E-state index is 4.56. The molecule has 0 unspecified atom stereocenters. The van der Waals surface area contributed by atoms with Gasteiger partial charge in [-0.25, -0.2) is 9.97 Å². The highest BCUT2D eigenvalue weighted by atomic mass is 15.3. The summed E-state index contributed by atoms with van der Waals surface area (Å²) in [7, 11) is 0. The van der Waals surface area contributed by atoms with Gasteiger partial charge >= 0.3 is 0 Å². The van der Waals surface area contributed by atoms with E-state index in [2.05, 4.69) is 41.0 Å². The van der Waals surface area contributed by atoms with Gasteiger partial charge in [0.15, 0.2) is 0 Å². The van der Waals surface area contributed by atoms with E-state index in [4.69, 9.17) is 0 Å². The average molecular weight is 394 g/mol. The highest BCUT2D eigenvalue weighted by molar-refractivity contribution is 5.78. The van der Waals surface area contributed by atoms with Crippen LogP contribution in [0.4, 0.5) is 11.6 Å². The highest BCUT2D eigenvalue weighted by Gasteiger charge is 2.03. The number of nitrogens with zero attached hydrogens (tertiary/aromatic N) is 6. The van der Waals surface area contributed by atoms with Crippen molar-refractivity contribution in [1.82, 2.24) is 19.9 Å². The van der Waals surface area contributed by atoms with E-state index in [0.717, 1.165) is 11.4 Å². The number of anilines is 2. The molecule has 0 aliphatic heterocycles. The third kappa shape index (κ3) is 5.29. The number of pyridine rings is 4. The molecule has 0 saturated carbocycles. The van der Waals surface area contributed by atoms with Crippen LogP contribution in [0, 0.1) is 0 Å². The predicted octanol–water partition coefficient (Wildman–Crippen LogP) is 3.83. The second-order valence-corrected chi connectivity index (χ2v) is 6.07. The van der Waals surface area contributed by atoms with Crippen molar-refractivity contribution in [3.8, 4) is 11.4 Å². The summed E-state index contributed by atoms with van der Waals surface area (Å²) >= 11 is 0. The third-order valence-corrected chi connectivity index (χ3v) is 3.89. The molecule has 0 spiro atoms. The molecule has 8 heteroatoms. The van der Waals surface area contributed by atoms with Gasteiger partial charge < -0.3 is 0 Å².